The highest BCUT2D eigenvalue weighted by Crippen LogP contribution is 2.27. The summed E-state index contributed by atoms with van der Waals surface area (Å²) in [6, 6.07) is 2.44. The molecule has 1 saturated carbocycles. The van der Waals surface area contributed by atoms with E-state index in [9.17, 15) is 4.79 Å². The van der Waals surface area contributed by atoms with E-state index >= 15 is 0 Å². The van der Waals surface area contributed by atoms with Gasteiger partial charge in [-0.1, -0.05) is 0 Å². The molecule has 0 unspecified atom stereocenters. The van der Waals surface area contributed by atoms with Crippen LogP contribution in [0.1, 0.15) is 25.1 Å². The molecule has 6 nitrogen and oxygen atoms in total. The Labute approximate surface area is 113 Å². The van der Waals surface area contributed by atoms with Gasteiger partial charge in [0.05, 0.1) is 7.11 Å². The molecule has 1 heterocycles. The fourth-order valence-corrected chi connectivity index (χ4v) is 2.02. The van der Waals surface area contributed by atoms with Crippen molar-refractivity contribution in [2.75, 3.05) is 30.9 Å². The maximum atomic E-state index is 11.1. The van der Waals surface area contributed by atoms with Crippen LogP contribution in [0.3, 0.4) is 0 Å². The van der Waals surface area contributed by atoms with Crippen molar-refractivity contribution < 1.29 is 9.53 Å². The van der Waals surface area contributed by atoms with Gasteiger partial charge in [-0.2, -0.15) is 0 Å². The molecule has 1 N–H and O–H groups in total. The standard InChI is InChI=1S/C13H20N4O2/c1-9-15-11(14-8-13(18)19-3)7-12(16-9)17(2)10-5-4-6-10/h7,10H,4-6,8H2,1-3H3,(H,14,15,16). The average Bonchev–Trinajstić information content (AvgIpc) is 2.33. The van der Waals surface area contributed by atoms with Crippen LogP contribution in [0, 0.1) is 6.92 Å². The number of hydrogen-bond acceptors (Lipinski definition) is 6. The van der Waals surface area contributed by atoms with Crippen LogP contribution in [0.25, 0.3) is 0 Å². The minimum atomic E-state index is -0.315. The average molecular weight is 264 g/mol. The van der Waals surface area contributed by atoms with Crippen LogP contribution in [0.5, 0.6) is 0 Å². The quantitative estimate of drug-likeness (QED) is 0.810. The van der Waals surface area contributed by atoms with Crippen molar-refractivity contribution in [2.45, 2.75) is 32.2 Å². The zero-order valence-corrected chi connectivity index (χ0v) is 11.6. The summed E-state index contributed by atoms with van der Waals surface area (Å²) >= 11 is 0. The number of nitrogens with one attached hydrogen (secondary N) is 1. The maximum absolute atomic E-state index is 11.1. The number of carbonyl (C=O) groups excluding carboxylic acids is 1. The molecule has 0 radical (unpaired) electrons. The first-order valence-electron chi connectivity index (χ1n) is 6.49. The van der Waals surface area contributed by atoms with Crippen molar-refractivity contribution in [2.24, 2.45) is 0 Å². The number of aromatic nitrogens is 2. The van der Waals surface area contributed by atoms with Crippen LogP contribution in [0.2, 0.25) is 0 Å². The molecule has 19 heavy (non-hydrogen) atoms. The van der Waals surface area contributed by atoms with E-state index in [4.69, 9.17) is 0 Å². The lowest BCUT2D eigenvalue weighted by Gasteiger charge is -2.35. The molecule has 1 aromatic rings. The monoisotopic (exact) mass is 264 g/mol. The third-order valence-corrected chi connectivity index (χ3v) is 3.45. The Balaban J connectivity index is 2.07. The number of carbonyl (C=O) groups is 1. The Bertz CT molecular complexity index is 460. The fraction of sp³-hybridized carbons (Fsp3) is 0.615. The minimum Gasteiger partial charge on any atom is -0.468 e. The number of ether oxygens (including phenoxy) is 1. The molecule has 0 aliphatic heterocycles. The molecule has 0 spiro atoms. The van der Waals surface area contributed by atoms with Gasteiger partial charge in [0.15, 0.2) is 0 Å². The predicted molar refractivity (Wildman–Crippen MR) is 73.3 cm³/mol. The van der Waals surface area contributed by atoms with Gasteiger partial charge in [-0.25, -0.2) is 9.97 Å². The lowest BCUT2D eigenvalue weighted by Crippen LogP contribution is -2.37. The van der Waals surface area contributed by atoms with Gasteiger partial charge in [-0.15, -0.1) is 0 Å². The maximum Gasteiger partial charge on any atom is 0.325 e. The molecule has 0 atom stereocenters. The summed E-state index contributed by atoms with van der Waals surface area (Å²) in [7, 11) is 3.42. The van der Waals surface area contributed by atoms with Crippen LogP contribution >= 0.6 is 0 Å². The van der Waals surface area contributed by atoms with Crippen LogP contribution in [0.15, 0.2) is 6.07 Å². The molecule has 0 bridgehead atoms. The van der Waals surface area contributed by atoms with Crippen molar-refractivity contribution in [3.05, 3.63) is 11.9 Å². The molecule has 1 aliphatic carbocycles. The van der Waals surface area contributed by atoms with Gasteiger partial charge in [-0.3, -0.25) is 4.79 Å². The van der Waals surface area contributed by atoms with Crippen LogP contribution in [0.4, 0.5) is 11.6 Å². The molecule has 1 aromatic heterocycles. The van der Waals surface area contributed by atoms with Crippen molar-refractivity contribution >= 4 is 17.6 Å². The third kappa shape index (κ3) is 3.33. The smallest absolute Gasteiger partial charge is 0.325 e. The predicted octanol–water partition coefficient (Wildman–Crippen LogP) is 1.36. The molecule has 0 amide bonds. The number of anilines is 2. The highest BCUT2D eigenvalue weighted by atomic mass is 16.5. The lowest BCUT2D eigenvalue weighted by molar-refractivity contribution is -0.138. The second kappa shape index (κ2) is 5.86. The summed E-state index contributed by atoms with van der Waals surface area (Å²) in [5, 5.41) is 2.95. The minimum absolute atomic E-state index is 0.111. The first-order chi connectivity index (χ1) is 9.10. The largest absolute Gasteiger partial charge is 0.468 e. The Morgan fingerprint density at radius 1 is 1.53 bits per heavy atom. The number of aryl methyl sites for hydroxylation is 1. The highest BCUT2D eigenvalue weighted by molar-refractivity contribution is 5.74. The van der Waals surface area contributed by atoms with E-state index in [0.29, 0.717) is 17.7 Å². The van der Waals surface area contributed by atoms with Crippen molar-refractivity contribution in [3.8, 4) is 0 Å². The van der Waals surface area contributed by atoms with E-state index in [1.165, 1.54) is 26.4 Å². The second-order valence-corrected chi connectivity index (χ2v) is 4.78. The van der Waals surface area contributed by atoms with Crippen molar-refractivity contribution in [3.63, 3.8) is 0 Å². The zero-order valence-electron chi connectivity index (χ0n) is 11.6. The van der Waals surface area contributed by atoms with Crippen LogP contribution in [-0.4, -0.2) is 42.7 Å². The number of nitrogens with zero attached hydrogens (tertiary/aromatic N) is 3. The van der Waals surface area contributed by atoms with Gasteiger partial charge < -0.3 is 15.0 Å². The van der Waals surface area contributed by atoms with E-state index in [-0.39, 0.29) is 12.5 Å². The zero-order chi connectivity index (χ0) is 13.8. The molecule has 0 saturated heterocycles. The molecular formula is C13H20N4O2. The van der Waals surface area contributed by atoms with Crippen LogP contribution in [-0.2, 0) is 9.53 Å². The van der Waals surface area contributed by atoms with Gasteiger partial charge >= 0.3 is 5.97 Å². The van der Waals surface area contributed by atoms with Crippen molar-refractivity contribution in [1.29, 1.82) is 0 Å². The summed E-state index contributed by atoms with van der Waals surface area (Å²) in [6.45, 7) is 1.96. The SMILES string of the molecule is COC(=O)CNc1cc(N(C)C2CCC2)nc(C)n1. The van der Waals surface area contributed by atoms with E-state index < -0.39 is 0 Å². The molecule has 0 aromatic carbocycles. The Morgan fingerprint density at radius 2 is 2.26 bits per heavy atom. The third-order valence-electron chi connectivity index (χ3n) is 3.45. The number of rotatable bonds is 5. The highest BCUT2D eigenvalue weighted by Gasteiger charge is 2.23. The van der Waals surface area contributed by atoms with Gasteiger partial charge in [0.25, 0.3) is 0 Å². The van der Waals surface area contributed by atoms with E-state index in [2.05, 4.69) is 32.0 Å². The lowest BCUT2D eigenvalue weighted by atomic mass is 9.92. The summed E-state index contributed by atoms with van der Waals surface area (Å²) < 4.78 is 4.59. The van der Waals surface area contributed by atoms with E-state index in [0.717, 1.165) is 5.82 Å². The van der Waals surface area contributed by atoms with Crippen molar-refractivity contribution in [1.82, 2.24) is 9.97 Å². The molecule has 1 fully saturated rings. The molecule has 2 rings (SSSR count). The van der Waals surface area contributed by atoms with Gasteiger partial charge in [-0.05, 0) is 26.2 Å². The van der Waals surface area contributed by atoms with Gasteiger partial charge in [0.2, 0.25) is 0 Å². The normalized spacial score (nSPS) is 14.7. The second-order valence-electron chi connectivity index (χ2n) is 4.78. The van der Waals surface area contributed by atoms with E-state index in [1.54, 1.807) is 0 Å². The van der Waals surface area contributed by atoms with Crippen LogP contribution < -0.4 is 10.2 Å². The first kappa shape index (κ1) is 13.6. The number of methoxy groups -OCH3 is 1. The Morgan fingerprint density at radius 3 is 2.84 bits per heavy atom. The molecule has 6 heteroatoms. The Hall–Kier alpha value is -1.85. The fourth-order valence-electron chi connectivity index (χ4n) is 2.02. The number of esters is 1. The van der Waals surface area contributed by atoms with Gasteiger partial charge in [0, 0.05) is 19.2 Å². The molecular weight excluding hydrogens is 244 g/mol. The molecule has 1 aliphatic rings. The van der Waals surface area contributed by atoms with E-state index in [1.807, 2.05) is 13.0 Å². The summed E-state index contributed by atoms with van der Waals surface area (Å²) in [5.74, 6) is 1.92. The topological polar surface area (TPSA) is 67.3 Å². The summed E-state index contributed by atoms with van der Waals surface area (Å²) in [4.78, 5) is 22.0. The molecule has 104 valence electrons. The van der Waals surface area contributed by atoms with Gasteiger partial charge in [0.1, 0.15) is 24.0 Å². The summed E-state index contributed by atoms with van der Waals surface area (Å²) in [5.41, 5.74) is 0. The number of hydrogen-bond donors (Lipinski definition) is 1. The first-order valence-corrected chi connectivity index (χ1v) is 6.49. The summed E-state index contributed by atoms with van der Waals surface area (Å²) in [6.07, 6.45) is 3.71. The Kier molecular flexibility index (Phi) is 4.19.